The summed E-state index contributed by atoms with van der Waals surface area (Å²) in [6.07, 6.45) is 1.19. The summed E-state index contributed by atoms with van der Waals surface area (Å²) in [5.41, 5.74) is -1.52. The maximum atomic E-state index is 14.7. The number of aromatic carboxylic acids is 1. The van der Waals surface area contributed by atoms with Gasteiger partial charge in [-0.1, -0.05) is 25.4 Å². The Morgan fingerprint density at radius 2 is 2.17 bits per heavy atom. The molecule has 0 saturated carbocycles. The topological polar surface area (TPSA) is 77.1 Å². The van der Waals surface area contributed by atoms with E-state index in [0.717, 1.165) is 0 Å². The summed E-state index contributed by atoms with van der Waals surface area (Å²) in [6.45, 7) is 4.25. The third-order valence-corrected chi connectivity index (χ3v) is 5.12. The van der Waals surface area contributed by atoms with Crippen LogP contribution in [0, 0.1) is 11.7 Å². The van der Waals surface area contributed by atoms with Crippen molar-refractivity contribution in [2.75, 3.05) is 0 Å². The summed E-state index contributed by atoms with van der Waals surface area (Å²) in [7, 11) is 0. The van der Waals surface area contributed by atoms with Crippen LogP contribution in [0.4, 0.5) is 4.39 Å². The van der Waals surface area contributed by atoms with E-state index < -0.39 is 22.8 Å². The Balaban J connectivity index is 2.43. The number of halogens is 3. The Labute approximate surface area is 143 Å². The van der Waals surface area contributed by atoms with Gasteiger partial charge in [0.2, 0.25) is 5.43 Å². The molecular weight excluding hydrogens is 393 g/mol. The molecule has 9 heteroatoms. The van der Waals surface area contributed by atoms with Gasteiger partial charge in [-0.15, -0.1) is 0 Å². The minimum atomic E-state index is -1.46. The van der Waals surface area contributed by atoms with Crippen molar-refractivity contribution in [3.63, 3.8) is 0 Å². The minimum Gasteiger partial charge on any atom is -0.477 e. The summed E-state index contributed by atoms with van der Waals surface area (Å²) in [5.74, 6) is -2.53. The van der Waals surface area contributed by atoms with Gasteiger partial charge in [-0.05, 0) is 21.8 Å². The highest BCUT2D eigenvalue weighted by molar-refractivity contribution is 9.10. The third kappa shape index (κ3) is 2.31. The van der Waals surface area contributed by atoms with Crippen LogP contribution in [-0.4, -0.2) is 25.4 Å². The Hall–Kier alpha value is -1.67. The van der Waals surface area contributed by atoms with E-state index in [4.69, 9.17) is 16.7 Å². The molecule has 3 heterocycles. The molecule has 0 unspecified atom stereocenters. The van der Waals surface area contributed by atoms with E-state index in [2.05, 4.69) is 21.0 Å². The minimum absolute atomic E-state index is 0.0341. The van der Waals surface area contributed by atoms with E-state index in [0.29, 0.717) is 11.1 Å². The summed E-state index contributed by atoms with van der Waals surface area (Å²) < 4.78 is 18.1. The molecule has 2 aromatic heterocycles. The average molecular weight is 405 g/mol. The molecule has 1 N–H and O–H groups in total. The second-order valence-corrected chi connectivity index (χ2v) is 6.82. The molecule has 122 valence electrons. The fourth-order valence-corrected chi connectivity index (χ4v) is 3.41. The predicted molar refractivity (Wildman–Crippen MR) is 85.4 cm³/mol. The first-order valence-corrected chi connectivity index (χ1v) is 8.01. The molecule has 0 saturated heterocycles. The lowest BCUT2D eigenvalue weighted by Crippen LogP contribution is -2.33. The second kappa shape index (κ2) is 5.45. The molecule has 1 aliphatic rings. The number of carbonyl (C=O) groups is 1. The SMILES string of the molecule is CC(C)[C@@H]1Cn2nc(Br)c(Cl)c2-c2c(F)c(=O)c(C(=O)O)cn21. The maximum Gasteiger partial charge on any atom is 0.341 e. The molecule has 2 aromatic rings. The first-order chi connectivity index (χ1) is 10.7. The molecule has 1 atom stereocenters. The van der Waals surface area contributed by atoms with Crippen molar-refractivity contribution >= 4 is 33.5 Å². The summed E-state index contributed by atoms with van der Waals surface area (Å²) in [6, 6.07) is -0.256. The molecule has 0 aromatic carbocycles. The molecule has 23 heavy (non-hydrogen) atoms. The molecular formula is C14H12BrClFN3O3. The molecule has 0 aliphatic carbocycles. The zero-order valence-electron chi connectivity index (χ0n) is 12.2. The van der Waals surface area contributed by atoms with Crippen LogP contribution in [0.1, 0.15) is 30.2 Å². The van der Waals surface area contributed by atoms with Crippen LogP contribution >= 0.6 is 27.5 Å². The predicted octanol–water partition coefficient (Wildman–Crippen LogP) is 3.18. The summed E-state index contributed by atoms with van der Waals surface area (Å²) in [4.78, 5) is 23.3. The molecule has 1 aliphatic heterocycles. The molecule has 0 bridgehead atoms. The Kier molecular flexibility index (Phi) is 3.84. The van der Waals surface area contributed by atoms with Crippen LogP contribution in [0.15, 0.2) is 15.6 Å². The highest BCUT2D eigenvalue weighted by Crippen LogP contribution is 2.41. The largest absolute Gasteiger partial charge is 0.477 e. The van der Waals surface area contributed by atoms with Crippen molar-refractivity contribution in [1.82, 2.24) is 14.3 Å². The van der Waals surface area contributed by atoms with Crippen LogP contribution in [0.3, 0.4) is 0 Å². The van der Waals surface area contributed by atoms with Crippen molar-refractivity contribution in [2.24, 2.45) is 5.92 Å². The zero-order valence-corrected chi connectivity index (χ0v) is 14.5. The summed E-state index contributed by atoms with van der Waals surface area (Å²) >= 11 is 9.38. The highest BCUT2D eigenvalue weighted by atomic mass is 79.9. The van der Waals surface area contributed by atoms with Crippen molar-refractivity contribution in [2.45, 2.75) is 26.4 Å². The number of pyridine rings is 1. The number of fused-ring (bicyclic) bond motifs is 3. The van der Waals surface area contributed by atoms with Crippen LogP contribution in [-0.2, 0) is 6.54 Å². The number of aromatic nitrogens is 3. The van der Waals surface area contributed by atoms with E-state index in [1.54, 1.807) is 0 Å². The standard InChI is InChI=1S/C14H12BrClFN3O3/c1-5(2)7-4-20-10(8(16)13(15)18-20)11-9(17)12(21)6(14(22)23)3-19(7)11/h3,5,7H,4H2,1-2H3,(H,22,23)/t7-/m0/s1. The quantitative estimate of drug-likeness (QED) is 0.834. The molecule has 0 fully saturated rings. The number of hydrogen-bond donors (Lipinski definition) is 1. The van der Waals surface area contributed by atoms with Gasteiger partial charge >= 0.3 is 5.97 Å². The van der Waals surface area contributed by atoms with Gasteiger partial charge in [-0.3, -0.25) is 9.48 Å². The number of rotatable bonds is 2. The van der Waals surface area contributed by atoms with E-state index in [9.17, 15) is 14.0 Å². The van der Waals surface area contributed by atoms with Crippen molar-refractivity contribution < 1.29 is 14.3 Å². The van der Waals surface area contributed by atoms with Crippen LogP contribution in [0.5, 0.6) is 0 Å². The molecule has 6 nitrogen and oxygen atoms in total. The Bertz CT molecular complexity index is 890. The van der Waals surface area contributed by atoms with E-state index in [-0.39, 0.29) is 28.4 Å². The zero-order chi connectivity index (χ0) is 17.0. The average Bonchev–Trinajstić information content (AvgIpc) is 2.76. The van der Waals surface area contributed by atoms with E-state index in [1.807, 2.05) is 13.8 Å². The smallest absolute Gasteiger partial charge is 0.341 e. The van der Waals surface area contributed by atoms with Gasteiger partial charge in [0.05, 0.1) is 12.6 Å². The third-order valence-electron chi connectivity index (χ3n) is 3.98. The normalized spacial score (nSPS) is 16.3. The number of carboxylic acids is 1. The van der Waals surface area contributed by atoms with Gasteiger partial charge in [0.1, 0.15) is 26.6 Å². The van der Waals surface area contributed by atoms with Gasteiger partial charge in [-0.2, -0.15) is 5.10 Å². The van der Waals surface area contributed by atoms with Gasteiger partial charge in [0.25, 0.3) is 0 Å². The molecule has 0 radical (unpaired) electrons. The lowest BCUT2D eigenvalue weighted by Gasteiger charge is -2.32. The fraction of sp³-hybridized carbons (Fsp3) is 0.357. The van der Waals surface area contributed by atoms with Crippen LogP contribution in [0.25, 0.3) is 11.4 Å². The molecule has 0 amide bonds. The number of nitrogens with zero attached hydrogens (tertiary/aromatic N) is 3. The van der Waals surface area contributed by atoms with Gasteiger partial charge in [-0.25, -0.2) is 9.18 Å². The molecule has 3 rings (SSSR count). The highest BCUT2D eigenvalue weighted by Gasteiger charge is 2.34. The van der Waals surface area contributed by atoms with Crippen molar-refractivity contribution in [3.05, 3.63) is 37.4 Å². The van der Waals surface area contributed by atoms with Gasteiger partial charge < -0.3 is 9.67 Å². The lowest BCUT2D eigenvalue weighted by molar-refractivity contribution is 0.0693. The summed E-state index contributed by atoms with van der Waals surface area (Å²) in [5, 5.41) is 13.5. The first kappa shape index (κ1) is 16.2. The number of hydrogen-bond acceptors (Lipinski definition) is 3. The monoisotopic (exact) mass is 403 g/mol. The second-order valence-electron chi connectivity index (χ2n) is 5.69. The molecule has 0 spiro atoms. The van der Waals surface area contributed by atoms with Gasteiger partial charge in [0, 0.05) is 6.20 Å². The maximum absolute atomic E-state index is 14.7. The van der Waals surface area contributed by atoms with Gasteiger partial charge in [0.15, 0.2) is 5.82 Å². The first-order valence-electron chi connectivity index (χ1n) is 6.84. The van der Waals surface area contributed by atoms with E-state index in [1.165, 1.54) is 15.4 Å². The lowest BCUT2D eigenvalue weighted by atomic mass is 9.99. The van der Waals surface area contributed by atoms with Crippen LogP contribution in [0.2, 0.25) is 5.02 Å². The fourth-order valence-electron chi connectivity index (χ4n) is 2.81. The Morgan fingerprint density at radius 3 is 2.74 bits per heavy atom. The van der Waals surface area contributed by atoms with Crippen molar-refractivity contribution in [1.29, 1.82) is 0 Å². The Morgan fingerprint density at radius 1 is 1.52 bits per heavy atom. The number of carboxylic acid groups (broad SMARTS) is 1. The van der Waals surface area contributed by atoms with E-state index >= 15 is 0 Å². The van der Waals surface area contributed by atoms with Crippen LogP contribution < -0.4 is 5.43 Å². The van der Waals surface area contributed by atoms with Crippen molar-refractivity contribution in [3.8, 4) is 11.4 Å².